The lowest BCUT2D eigenvalue weighted by Gasteiger charge is -2.08. The molecular weight excluding hydrogens is 382 g/mol. The van der Waals surface area contributed by atoms with Crippen LogP contribution in [-0.2, 0) is 11.3 Å². The number of aromatic amines is 1. The molecule has 1 amide bonds. The average molecular weight is 407 g/mol. The zero-order valence-corrected chi connectivity index (χ0v) is 17.2. The van der Waals surface area contributed by atoms with Gasteiger partial charge in [-0.15, -0.1) is 0 Å². The Bertz CT molecular complexity index is 1180. The van der Waals surface area contributed by atoms with Crippen LogP contribution in [0.25, 0.3) is 27.8 Å². The highest BCUT2D eigenvalue weighted by atomic mass is 16.1. The van der Waals surface area contributed by atoms with Gasteiger partial charge >= 0.3 is 0 Å². The Morgan fingerprint density at radius 2 is 2.00 bits per heavy atom. The van der Waals surface area contributed by atoms with Crippen molar-refractivity contribution in [3.05, 3.63) is 59.3 Å². The third-order valence-corrected chi connectivity index (χ3v) is 4.51. The fraction of sp³-hybridized carbons (Fsp3) is 0.238. The van der Waals surface area contributed by atoms with Gasteiger partial charge in [-0.2, -0.15) is 5.10 Å². The summed E-state index contributed by atoms with van der Waals surface area (Å²) in [5.41, 5.74) is 4.34. The highest BCUT2D eigenvalue weighted by molar-refractivity contribution is 5.90. The normalized spacial score (nSPS) is 10.4. The van der Waals surface area contributed by atoms with Crippen LogP contribution >= 0.6 is 0 Å². The van der Waals surface area contributed by atoms with Gasteiger partial charge in [-0.1, -0.05) is 0 Å². The number of carbonyl (C=O) groups is 1. The first kappa shape index (κ1) is 20.8. The molecule has 3 aromatic heterocycles. The third-order valence-electron chi connectivity index (χ3n) is 4.51. The summed E-state index contributed by atoms with van der Waals surface area (Å²) >= 11 is 0. The number of pyridine rings is 1. The molecule has 1 aromatic carbocycles. The molecule has 0 bridgehead atoms. The minimum Gasteiger partial charge on any atom is -0.359 e. The summed E-state index contributed by atoms with van der Waals surface area (Å²) in [7, 11) is 1.82. The number of amides is 1. The third kappa shape index (κ3) is 4.40. The van der Waals surface area contributed by atoms with Crippen molar-refractivity contribution in [2.24, 2.45) is 0 Å². The van der Waals surface area contributed by atoms with Crippen LogP contribution in [0.2, 0.25) is 0 Å². The van der Waals surface area contributed by atoms with Crippen molar-refractivity contribution >= 4 is 23.4 Å². The van der Waals surface area contributed by atoms with E-state index in [1.807, 2.05) is 57.6 Å². The number of hydrogen-bond acceptors (Lipinski definition) is 5. The van der Waals surface area contributed by atoms with Gasteiger partial charge in [-0.25, -0.2) is 9.67 Å². The molecule has 4 rings (SSSR count). The van der Waals surface area contributed by atoms with E-state index in [4.69, 9.17) is 0 Å². The second-order valence-electron chi connectivity index (χ2n) is 6.39. The zero-order chi connectivity index (χ0) is 21.5. The van der Waals surface area contributed by atoms with Crippen molar-refractivity contribution in [2.45, 2.75) is 20.4 Å². The number of hydrogen-bond donors (Lipinski definition) is 3. The fourth-order valence-electron chi connectivity index (χ4n) is 3.00. The second kappa shape index (κ2) is 9.55. The molecule has 0 saturated carbocycles. The van der Waals surface area contributed by atoms with E-state index in [1.165, 1.54) is 0 Å². The van der Waals surface area contributed by atoms with Gasteiger partial charge in [-0.3, -0.25) is 9.59 Å². The number of fused-ring (bicyclic) bond motifs is 1. The number of carbonyl (C=O) groups excluding carboxylic acids is 1. The first-order valence-electron chi connectivity index (χ1n) is 9.70. The van der Waals surface area contributed by atoms with E-state index >= 15 is 0 Å². The molecule has 0 atom stereocenters. The molecule has 0 radical (unpaired) electrons. The molecule has 0 aliphatic heterocycles. The highest BCUT2D eigenvalue weighted by Gasteiger charge is 2.13. The first-order chi connectivity index (χ1) is 14.6. The van der Waals surface area contributed by atoms with E-state index in [1.54, 1.807) is 21.5 Å². The number of rotatable bonds is 6. The molecule has 4 aromatic rings. The molecule has 3 heterocycles. The molecular formula is C21H25N7O2. The van der Waals surface area contributed by atoms with E-state index in [9.17, 15) is 9.59 Å². The summed E-state index contributed by atoms with van der Waals surface area (Å²) in [6, 6.07) is 9.48. The highest BCUT2D eigenvalue weighted by Crippen LogP contribution is 2.29. The number of benzene rings is 1. The van der Waals surface area contributed by atoms with Crippen molar-refractivity contribution in [3.8, 4) is 16.8 Å². The van der Waals surface area contributed by atoms with Crippen molar-refractivity contribution in [2.75, 3.05) is 18.9 Å². The maximum absolute atomic E-state index is 12.2. The zero-order valence-electron chi connectivity index (χ0n) is 17.2. The van der Waals surface area contributed by atoms with Crippen LogP contribution in [-0.4, -0.2) is 44.3 Å². The molecule has 0 spiro atoms. The first-order valence-corrected chi connectivity index (χ1v) is 9.70. The molecule has 9 heteroatoms. The number of aromatic nitrogens is 5. The summed E-state index contributed by atoms with van der Waals surface area (Å²) in [6.45, 7) is 5.20. The minimum absolute atomic E-state index is 0.0127. The number of nitrogens with zero attached hydrogens (tertiary/aromatic N) is 4. The molecule has 30 heavy (non-hydrogen) atoms. The van der Waals surface area contributed by atoms with Gasteiger partial charge in [0.2, 0.25) is 12.4 Å². The summed E-state index contributed by atoms with van der Waals surface area (Å²) < 4.78 is 3.45. The van der Waals surface area contributed by atoms with Crippen molar-refractivity contribution in [1.29, 1.82) is 0 Å². The summed E-state index contributed by atoms with van der Waals surface area (Å²) in [5.74, 6) is 0.682. The molecule has 0 unspecified atom stereocenters. The molecule has 9 nitrogen and oxygen atoms in total. The van der Waals surface area contributed by atoms with Crippen LogP contribution in [0.1, 0.15) is 13.8 Å². The maximum atomic E-state index is 12.2. The monoisotopic (exact) mass is 407 g/mol. The molecule has 156 valence electrons. The molecule has 3 N–H and O–H groups in total. The number of imidazole rings is 1. The average Bonchev–Trinajstić information content (AvgIpc) is 3.43. The quantitative estimate of drug-likeness (QED) is 0.425. The number of anilines is 1. The molecule has 0 saturated heterocycles. The van der Waals surface area contributed by atoms with Gasteiger partial charge in [-0.05, 0) is 49.2 Å². The van der Waals surface area contributed by atoms with Crippen molar-refractivity contribution in [3.63, 3.8) is 0 Å². The Morgan fingerprint density at radius 1 is 1.17 bits per heavy atom. The van der Waals surface area contributed by atoms with Gasteiger partial charge in [0.15, 0.2) is 0 Å². The fourth-order valence-corrected chi connectivity index (χ4v) is 3.00. The lowest BCUT2D eigenvalue weighted by atomic mass is 10.1. The van der Waals surface area contributed by atoms with Gasteiger partial charge < -0.3 is 20.2 Å². The Kier molecular flexibility index (Phi) is 6.63. The maximum Gasteiger partial charge on any atom is 0.251 e. The van der Waals surface area contributed by atoms with Gasteiger partial charge in [0.05, 0.1) is 11.2 Å². The van der Waals surface area contributed by atoms with Gasteiger partial charge in [0.25, 0.3) is 5.56 Å². The Balaban J connectivity index is 0.000000461. The second-order valence-corrected chi connectivity index (χ2v) is 6.39. The van der Waals surface area contributed by atoms with E-state index in [0.29, 0.717) is 18.9 Å². The standard InChI is InChI=1S/C18H18N6O.C3H7NO/c1-3-23-8-5-12(11-16(23)25)13-9-14-17(22-18(19-2)21-14)15(10-13)24-7-4-6-20-24;1-2-4-3-5/h4-11H,3H2,1-2H3,(H2,19,21,22);3H,2H2,1H3,(H,4,5). The van der Waals surface area contributed by atoms with Gasteiger partial charge in [0.1, 0.15) is 5.52 Å². The van der Waals surface area contributed by atoms with E-state index in [2.05, 4.69) is 25.7 Å². The molecule has 0 fully saturated rings. The number of aryl methyl sites for hydroxylation is 1. The number of H-pyrrole nitrogens is 1. The van der Waals surface area contributed by atoms with E-state index in [0.717, 1.165) is 34.4 Å². The van der Waals surface area contributed by atoms with E-state index in [-0.39, 0.29) is 5.56 Å². The summed E-state index contributed by atoms with van der Waals surface area (Å²) in [6.07, 6.45) is 6.11. The largest absolute Gasteiger partial charge is 0.359 e. The minimum atomic E-state index is -0.0127. The molecule has 0 aliphatic rings. The number of nitrogens with one attached hydrogen (secondary N) is 3. The Labute approximate surface area is 173 Å². The lowest BCUT2D eigenvalue weighted by Crippen LogP contribution is -2.17. The smallest absolute Gasteiger partial charge is 0.251 e. The Hall–Kier alpha value is -3.88. The van der Waals surface area contributed by atoms with Crippen molar-refractivity contribution in [1.82, 2.24) is 29.6 Å². The van der Waals surface area contributed by atoms with Crippen LogP contribution in [0.4, 0.5) is 5.95 Å². The van der Waals surface area contributed by atoms with Crippen LogP contribution in [0.15, 0.2) is 53.7 Å². The van der Waals surface area contributed by atoms with Crippen LogP contribution in [0.5, 0.6) is 0 Å². The summed E-state index contributed by atoms with van der Waals surface area (Å²) in [4.78, 5) is 29.3. The summed E-state index contributed by atoms with van der Waals surface area (Å²) in [5, 5.41) is 9.78. The van der Waals surface area contributed by atoms with E-state index < -0.39 is 0 Å². The van der Waals surface area contributed by atoms with Crippen molar-refractivity contribution < 1.29 is 4.79 Å². The van der Waals surface area contributed by atoms with Crippen LogP contribution in [0.3, 0.4) is 0 Å². The SMILES string of the molecule is CCNC=O.CCn1ccc(-c2cc(-n3cccn3)c3nc(NC)[nH]c3c2)cc1=O. The van der Waals surface area contributed by atoms with Crippen LogP contribution < -0.4 is 16.2 Å². The van der Waals surface area contributed by atoms with Crippen LogP contribution in [0, 0.1) is 0 Å². The lowest BCUT2D eigenvalue weighted by molar-refractivity contribution is -0.109. The topological polar surface area (TPSA) is 110 Å². The predicted octanol–water partition coefficient (Wildman–Crippen LogP) is 2.39. The Morgan fingerprint density at radius 3 is 2.57 bits per heavy atom. The van der Waals surface area contributed by atoms with Gasteiger partial charge in [0, 0.05) is 44.8 Å². The molecule has 0 aliphatic carbocycles. The predicted molar refractivity (Wildman–Crippen MR) is 118 cm³/mol.